The number of thiazole rings is 1. The lowest BCUT2D eigenvalue weighted by molar-refractivity contribution is 0.551. The van der Waals surface area contributed by atoms with Gasteiger partial charge >= 0.3 is 0 Å². The minimum atomic E-state index is 0.556. The first-order valence-electron chi connectivity index (χ1n) is 8.42. The van der Waals surface area contributed by atoms with Crippen molar-refractivity contribution in [1.29, 1.82) is 0 Å². The Balaban J connectivity index is 2.05. The molecule has 2 rings (SSSR count). The van der Waals surface area contributed by atoms with E-state index in [0.717, 1.165) is 25.4 Å². The van der Waals surface area contributed by atoms with Crippen LogP contribution in [0.3, 0.4) is 0 Å². The monoisotopic (exact) mass is 309 g/mol. The topological polar surface area (TPSA) is 28.2 Å². The zero-order valence-electron chi connectivity index (χ0n) is 14.3. The maximum atomic E-state index is 4.96. The van der Waals surface area contributed by atoms with Crippen molar-refractivity contribution in [2.45, 2.75) is 59.4 Å². The minimum absolute atomic E-state index is 0.556. The van der Waals surface area contributed by atoms with E-state index in [1.165, 1.54) is 35.1 Å². The van der Waals surface area contributed by atoms with Crippen LogP contribution in [-0.4, -0.2) is 25.1 Å². The Morgan fingerprint density at radius 3 is 2.62 bits per heavy atom. The third-order valence-corrected chi connectivity index (χ3v) is 5.37. The van der Waals surface area contributed by atoms with E-state index in [-0.39, 0.29) is 0 Å². The van der Waals surface area contributed by atoms with Crippen LogP contribution in [-0.2, 0) is 6.54 Å². The third-order valence-electron chi connectivity index (χ3n) is 4.19. The van der Waals surface area contributed by atoms with Gasteiger partial charge < -0.3 is 10.2 Å². The molecule has 1 N–H and O–H groups in total. The van der Waals surface area contributed by atoms with Gasteiger partial charge in [0, 0.05) is 25.0 Å². The first-order chi connectivity index (χ1) is 10.0. The maximum Gasteiger partial charge on any atom is 0.185 e. The van der Waals surface area contributed by atoms with Crippen LogP contribution in [0, 0.1) is 11.8 Å². The van der Waals surface area contributed by atoms with E-state index in [1.54, 1.807) is 0 Å². The molecule has 0 saturated heterocycles. The predicted octanol–water partition coefficient (Wildman–Crippen LogP) is 4.25. The summed E-state index contributed by atoms with van der Waals surface area (Å²) < 4.78 is 0. The molecule has 0 radical (unpaired) electrons. The normalized spacial score (nSPS) is 16.5. The van der Waals surface area contributed by atoms with Gasteiger partial charge in [0.05, 0.1) is 5.69 Å². The highest BCUT2D eigenvalue weighted by Gasteiger charge is 2.25. The van der Waals surface area contributed by atoms with Gasteiger partial charge in [0.1, 0.15) is 0 Å². The first kappa shape index (κ1) is 16.8. The van der Waals surface area contributed by atoms with Gasteiger partial charge in [-0.1, -0.05) is 27.7 Å². The van der Waals surface area contributed by atoms with Gasteiger partial charge in [-0.2, -0.15) is 0 Å². The summed E-state index contributed by atoms with van der Waals surface area (Å²) in [7, 11) is 2.20. The van der Waals surface area contributed by atoms with Crippen molar-refractivity contribution in [2.24, 2.45) is 11.8 Å². The van der Waals surface area contributed by atoms with Crippen molar-refractivity contribution in [3.05, 3.63) is 10.6 Å². The molecule has 4 heteroatoms. The summed E-state index contributed by atoms with van der Waals surface area (Å²) in [6.07, 6.45) is 3.96. The van der Waals surface area contributed by atoms with Crippen molar-refractivity contribution in [3.8, 4) is 0 Å². The van der Waals surface area contributed by atoms with Crippen LogP contribution in [0.2, 0.25) is 0 Å². The van der Waals surface area contributed by atoms with Crippen molar-refractivity contribution in [3.63, 3.8) is 0 Å². The summed E-state index contributed by atoms with van der Waals surface area (Å²) in [5, 5.41) is 4.78. The number of hydrogen-bond donors (Lipinski definition) is 1. The fraction of sp³-hybridized carbons (Fsp3) is 0.824. The van der Waals surface area contributed by atoms with Crippen molar-refractivity contribution < 1.29 is 0 Å². The molecule has 1 aromatic rings. The summed E-state index contributed by atoms with van der Waals surface area (Å²) >= 11 is 1.89. The van der Waals surface area contributed by atoms with Crippen LogP contribution < -0.4 is 10.2 Å². The van der Waals surface area contributed by atoms with E-state index in [9.17, 15) is 0 Å². The Hall–Kier alpha value is -0.610. The second kappa shape index (κ2) is 7.59. The fourth-order valence-electron chi connectivity index (χ4n) is 2.46. The molecule has 1 unspecified atom stereocenters. The van der Waals surface area contributed by atoms with Gasteiger partial charge in [0.2, 0.25) is 0 Å². The third kappa shape index (κ3) is 4.96. The standard InChI is InChI=1S/C17H31N3S/c1-6-13(4)16-15(10-18-9-12(2)3)21-17(19-16)20(5)11-14-7-8-14/h12-14,18H,6-11H2,1-5H3. The van der Waals surface area contributed by atoms with E-state index < -0.39 is 0 Å². The van der Waals surface area contributed by atoms with Gasteiger partial charge in [-0.15, -0.1) is 11.3 Å². The Morgan fingerprint density at radius 2 is 2.05 bits per heavy atom. The molecule has 21 heavy (non-hydrogen) atoms. The lowest BCUT2D eigenvalue weighted by atomic mass is 10.0. The molecule has 1 heterocycles. The van der Waals surface area contributed by atoms with Crippen LogP contribution in [0.1, 0.15) is 63.4 Å². The summed E-state index contributed by atoms with van der Waals surface area (Å²) in [4.78, 5) is 8.76. The molecule has 1 aromatic heterocycles. The highest BCUT2D eigenvalue weighted by atomic mass is 32.1. The molecule has 0 aliphatic heterocycles. The molecule has 120 valence electrons. The number of anilines is 1. The number of nitrogens with one attached hydrogen (secondary N) is 1. The summed E-state index contributed by atoms with van der Waals surface area (Å²) in [5.74, 6) is 2.16. The highest BCUT2D eigenvalue weighted by molar-refractivity contribution is 7.15. The number of nitrogens with zero attached hydrogens (tertiary/aromatic N) is 2. The Kier molecular flexibility index (Phi) is 6.06. The van der Waals surface area contributed by atoms with Crippen LogP contribution in [0.4, 0.5) is 5.13 Å². The smallest absolute Gasteiger partial charge is 0.185 e. The number of hydrogen-bond acceptors (Lipinski definition) is 4. The molecule has 1 saturated carbocycles. The predicted molar refractivity (Wildman–Crippen MR) is 93.4 cm³/mol. The lowest BCUT2D eigenvalue weighted by Gasteiger charge is -2.14. The Bertz CT molecular complexity index is 437. The second-order valence-electron chi connectivity index (χ2n) is 6.96. The molecule has 1 fully saturated rings. The zero-order chi connectivity index (χ0) is 15.4. The molecule has 3 nitrogen and oxygen atoms in total. The molecule has 1 aliphatic carbocycles. The second-order valence-corrected chi connectivity index (χ2v) is 8.02. The molecule has 0 amide bonds. The van der Waals surface area contributed by atoms with Gasteiger partial charge in [0.15, 0.2) is 5.13 Å². The van der Waals surface area contributed by atoms with Crippen molar-refractivity contribution in [1.82, 2.24) is 10.3 Å². The fourth-order valence-corrected chi connectivity index (χ4v) is 3.58. The highest BCUT2D eigenvalue weighted by Crippen LogP contribution is 2.35. The average molecular weight is 310 g/mol. The molecule has 1 atom stereocenters. The van der Waals surface area contributed by atoms with E-state index in [2.05, 4.69) is 45.0 Å². The van der Waals surface area contributed by atoms with E-state index >= 15 is 0 Å². The lowest BCUT2D eigenvalue weighted by Crippen LogP contribution is -2.19. The number of rotatable bonds is 9. The Morgan fingerprint density at radius 1 is 1.33 bits per heavy atom. The van der Waals surface area contributed by atoms with Crippen LogP contribution >= 0.6 is 11.3 Å². The van der Waals surface area contributed by atoms with Crippen LogP contribution in [0.5, 0.6) is 0 Å². The van der Waals surface area contributed by atoms with Gasteiger partial charge in [-0.05, 0) is 43.6 Å². The van der Waals surface area contributed by atoms with E-state index in [4.69, 9.17) is 4.98 Å². The summed E-state index contributed by atoms with van der Waals surface area (Å²) in [5.41, 5.74) is 1.32. The molecule has 0 bridgehead atoms. The van der Waals surface area contributed by atoms with Gasteiger partial charge in [-0.3, -0.25) is 0 Å². The van der Waals surface area contributed by atoms with Crippen LogP contribution in [0.25, 0.3) is 0 Å². The average Bonchev–Trinajstić information content (AvgIpc) is 3.14. The molecule has 0 aromatic carbocycles. The van der Waals surface area contributed by atoms with Crippen molar-refractivity contribution >= 4 is 16.5 Å². The van der Waals surface area contributed by atoms with E-state index in [0.29, 0.717) is 11.8 Å². The molecule has 0 spiro atoms. The van der Waals surface area contributed by atoms with Crippen LogP contribution in [0.15, 0.2) is 0 Å². The largest absolute Gasteiger partial charge is 0.351 e. The minimum Gasteiger partial charge on any atom is -0.351 e. The van der Waals surface area contributed by atoms with E-state index in [1.807, 2.05) is 11.3 Å². The summed E-state index contributed by atoms with van der Waals surface area (Å²) in [6.45, 7) is 12.3. The molecular weight excluding hydrogens is 278 g/mol. The number of aromatic nitrogens is 1. The zero-order valence-corrected chi connectivity index (χ0v) is 15.1. The van der Waals surface area contributed by atoms with Gasteiger partial charge in [-0.25, -0.2) is 4.98 Å². The maximum absolute atomic E-state index is 4.96. The first-order valence-corrected chi connectivity index (χ1v) is 9.24. The van der Waals surface area contributed by atoms with Crippen molar-refractivity contribution in [2.75, 3.05) is 25.0 Å². The quantitative estimate of drug-likeness (QED) is 0.739. The summed E-state index contributed by atoms with van der Waals surface area (Å²) in [6, 6.07) is 0. The molecule has 1 aliphatic rings. The molecular formula is C17H31N3S. The Labute approximate surface area is 134 Å². The van der Waals surface area contributed by atoms with Gasteiger partial charge in [0.25, 0.3) is 0 Å². The SMILES string of the molecule is CCC(C)c1nc(N(C)CC2CC2)sc1CNCC(C)C.